The lowest BCUT2D eigenvalue weighted by atomic mass is 10.0. The highest BCUT2D eigenvalue weighted by atomic mass is 15.1. The lowest BCUT2D eigenvalue weighted by Crippen LogP contribution is -1.98. The standard InChI is InChI=1S/C15H17N3/c1-11(2)12-4-6-13(7-5-12)15-17-10-14(8-9-16)18(15)3/h4-7,10-11H,8H2,1-3H3. The monoisotopic (exact) mass is 239 g/mol. The Balaban J connectivity index is 2.34. The smallest absolute Gasteiger partial charge is 0.139 e. The third-order valence-electron chi connectivity index (χ3n) is 3.18. The predicted molar refractivity (Wildman–Crippen MR) is 72.1 cm³/mol. The summed E-state index contributed by atoms with van der Waals surface area (Å²) in [5.41, 5.74) is 3.36. The van der Waals surface area contributed by atoms with Crippen molar-refractivity contribution in [3.05, 3.63) is 41.7 Å². The van der Waals surface area contributed by atoms with Gasteiger partial charge < -0.3 is 4.57 Å². The third-order valence-corrected chi connectivity index (χ3v) is 3.18. The van der Waals surface area contributed by atoms with Gasteiger partial charge in [0.25, 0.3) is 0 Å². The molecule has 0 unspecified atom stereocenters. The molecule has 0 saturated heterocycles. The molecule has 2 rings (SSSR count). The molecule has 0 aliphatic rings. The van der Waals surface area contributed by atoms with Crippen molar-refractivity contribution in [1.29, 1.82) is 5.26 Å². The normalized spacial score (nSPS) is 10.6. The lowest BCUT2D eigenvalue weighted by Gasteiger charge is -2.07. The summed E-state index contributed by atoms with van der Waals surface area (Å²) in [6.07, 6.45) is 2.17. The second kappa shape index (κ2) is 5.05. The van der Waals surface area contributed by atoms with E-state index in [1.54, 1.807) is 6.20 Å². The van der Waals surface area contributed by atoms with Gasteiger partial charge >= 0.3 is 0 Å². The molecule has 18 heavy (non-hydrogen) atoms. The van der Waals surface area contributed by atoms with E-state index in [9.17, 15) is 0 Å². The summed E-state index contributed by atoms with van der Waals surface area (Å²) in [5.74, 6) is 1.45. The van der Waals surface area contributed by atoms with E-state index in [4.69, 9.17) is 5.26 Å². The summed E-state index contributed by atoms with van der Waals surface area (Å²) in [6, 6.07) is 10.6. The van der Waals surface area contributed by atoms with E-state index in [-0.39, 0.29) is 0 Å². The molecule has 0 saturated carbocycles. The van der Waals surface area contributed by atoms with Crippen molar-refractivity contribution >= 4 is 0 Å². The number of aromatic nitrogens is 2. The number of hydrogen-bond acceptors (Lipinski definition) is 2. The van der Waals surface area contributed by atoms with Gasteiger partial charge in [0.05, 0.1) is 18.2 Å². The average Bonchev–Trinajstić information content (AvgIpc) is 2.72. The van der Waals surface area contributed by atoms with Gasteiger partial charge in [-0.05, 0) is 11.5 Å². The largest absolute Gasteiger partial charge is 0.330 e. The second-order valence-electron chi connectivity index (χ2n) is 4.74. The number of rotatable bonds is 3. The summed E-state index contributed by atoms with van der Waals surface area (Å²) in [6.45, 7) is 4.36. The predicted octanol–water partition coefficient (Wildman–Crippen LogP) is 3.28. The Kier molecular flexibility index (Phi) is 3.47. The van der Waals surface area contributed by atoms with E-state index in [1.807, 2.05) is 11.6 Å². The van der Waals surface area contributed by atoms with Crippen LogP contribution in [-0.4, -0.2) is 9.55 Å². The zero-order valence-corrected chi connectivity index (χ0v) is 11.0. The molecule has 3 heteroatoms. The van der Waals surface area contributed by atoms with Crippen molar-refractivity contribution in [3.63, 3.8) is 0 Å². The molecule has 3 nitrogen and oxygen atoms in total. The first-order chi connectivity index (χ1) is 8.63. The highest BCUT2D eigenvalue weighted by molar-refractivity contribution is 5.56. The van der Waals surface area contributed by atoms with Crippen molar-refractivity contribution in [2.45, 2.75) is 26.2 Å². The van der Waals surface area contributed by atoms with Crippen LogP contribution in [0.2, 0.25) is 0 Å². The molecule has 0 spiro atoms. The Morgan fingerprint density at radius 2 is 1.94 bits per heavy atom. The SMILES string of the molecule is CC(C)c1ccc(-c2ncc(CC#N)n2C)cc1. The minimum atomic E-state index is 0.396. The van der Waals surface area contributed by atoms with Crippen LogP contribution in [0.15, 0.2) is 30.5 Å². The molecule has 0 radical (unpaired) electrons. The van der Waals surface area contributed by atoms with E-state index < -0.39 is 0 Å². The zero-order chi connectivity index (χ0) is 13.1. The number of imidazole rings is 1. The van der Waals surface area contributed by atoms with Crippen molar-refractivity contribution in [3.8, 4) is 17.5 Å². The minimum absolute atomic E-state index is 0.396. The maximum absolute atomic E-state index is 8.73. The van der Waals surface area contributed by atoms with Gasteiger partial charge in [-0.2, -0.15) is 5.26 Å². The van der Waals surface area contributed by atoms with Crippen LogP contribution in [0.4, 0.5) is 0 Å². The highest BCUT2D eigenvalue weighted by Gasteiger charge is 2.08. The first-order valence-corrected chi connectivity index (χ1v) is 6.11. The Morgan fingerprint density at radius 3 is 2.50 bits per heavy atom. The van der Waals surface area contributed by atoms with Crippen molar-refractivity contribution in [1.82, 2.24) is 9.55 Å². The van der Waals surface area contributed by atoms with E-state index in [2.05, 4.69) is 49.2 Å². The van der Waals surface area contributed by atoms with Crippen LogP contribution >= 0.6 is 0 Å². The van der Waals surface area contributed by atoms with E-state index in [0.717, 1.165) is 17.1 Å². The van der Waals surface area contributed by atoms with Gasteiger partial charge in [-0.1, -0.05) is 38.1 Å². The van der Waals surface area contributed by atoms with Crippen LogP contribution in [0.1, 0.15) is 31.0 Å². The quantitative estimate of drug-likeness (QED) is 0.824. The maximum atomic E-state index is 8.73. The molecule has 2 aromatic rings. The van der Waals surface area contributed by atoms with Crippen LogP contribution in [0, 0.1) is 11.3 Å². The molecule has 0 aliphatic heterocycles. The average molecular weight is 239 g/mol. The number of nitriles is 1. The van der Waals surface area contributed by atoms with Crippen molar-refractivity contribution in [2.75, 3.05) is 0 Å². The summed E-state index contributed by atoms with van der Waals surface area (Å²) >= 11 is 0. The molecule has 1 heterocycles. The van der Waals surface area contributed by atoms with Crippen LogP contribution in [-0.2, 0) is 13.5 Å². The van der Waals surface area contributed by atoms with E-state index in [1.165, 1.54) is 5.56 Å². The number of hydrogen-bond donors (Lipinski definition) is 0. The van der Waals surface area contributed by atoms with Gasteiger partial charge in [0.15, 0.2) is 0 Å². The molecule has 0 bridgehead atoms. The van der Waals surface area contributed by atoms with Crippen LogP contribution in [0.25, 0.3) is 11.4 Å². The van der Waals surface area contributed by atoms with Crippen molar-refractivity contribution in [2.24, 2.45) is 7.05 Å². The van der Waals surface area contributed by atoms with E-state index in [0.29, 0.717) is 12.3 Å². The summed E-state index contributed by atoms with van der Waals surface area (Å²) < 4.78 is 1.98. The molecule has 0 amide bonds. The molecule has 0 fully saturated rings. The van der Waals surface area contributed by atoms with Crippen LogP contribution < -0.4 is 0 Å². The van der Waals surface area contributed by atoms with Crippen LogP contribution in [0.5, 0.6) is 0 Å². The summed E-state index contributed by atoms with van der Waals surface area (Å²) in [7, 11) is 1.95. The third kappa shape index (κ3) is 2.28. The fraction of sp³-hybridized carbons (Fsp3) is 0.333. The molecule has 1 aromatic carbocycles. The number of nitrogens with zero attached hydrogens (tertiary/aromatic N) is 3. The van der Waals surface area contributed by atoms with Gasteiger partial charge in [-0.15, -0.1) is 0 Å². The minimum Gasteiger partial charge on any atom is -0.330 e. The molecular weight excluding hydrogens is 222 g/mol. The first-order valence-electron chi connectivity index (χ1n) is 6.11. The van der Waals surface area contributed by atoms with Crippen molar-refractivity contribution < 1.29 is 0 Å². The molecule has 92 valence electrons. The van der Waals surface area contributed by atoms with Gasteiger partial charge in [0, 0.05) is 18.8 Å². The molecule has 0 aliphatic carbocycles. The first kappa shape index (κ1) is 12.4. The Bertz CT molecular complexity index is 571. The van der Waals surface area contributed by atoms with Gasteiger partial charge in [-0.25, -0.2) is 4.98 Å². The lowest BCUT2D eigenvalue weighted by molar-refractivity contribution is 0.858. The Morgan fingerprint density at radius 1 is 1.28 bits per heavy atom. The summed E-state index contributed by atoms with van der Waals surface area (Å²) in [4.78, 5) is 4.39. The Hall–Kier alpha value is -2.08. The molecule has 0 atom stereocenters. The zero-order valence-electron chi connectivity index (χ0n) is 11.0. The van der Waals surface area contributed by atoms with E-state index >= 15 is 0 Å². The van der Waals surface area contributed by atoms with Gasteiger partial charge in [-0.3, -0.25) is 0 Å². The molecule has 1 aromatic heterocycles. The summed E-state index contributed by atoms with van der Waals surface area (Å²) in [5, 5.41) is 8.73. The Labute approximate surface area is 108 Å². The fourth-order valence-electron chi connectivity index (χ4n) is 1.98. The highest BCUT2D eigenvalue weighted by Crippen LogP contribution is 2.22. The molecule has 0 N–H and O–H groups in total. The van der Waals surface area contributed by atoms with Crippen LogP contribution in [0.3, 0.4) is 0 Å². The molecular formula is C15H17N3. The second-order valence-corrected chi connectivity index (χ2v) is 4.74. The van der Waals surface area contributed by atoms with Gasteiger partial charge in [0.2, 0.25) is 0 Å². The fourth-order valence-corrected chi connectivity index (χ4v) is 1.98. The number of benzene rings is 1. The topological polar surface area (TPSA) is 41.6 Å². The van der Waals surface area contributed by atoms with Gasteiger partial charge in [0.1, 0.15) is 5.82 Å². The maximum Gasteiger partial charge on any atom is 0.139 e.